The number of halogens is 1. The lowest BCUT2D eigenvalue weighted by Gasteiger charge is -2.36. The number of hydrogen-bond acceptors (Lipinski definition) is 5. The van der Waals surface area contributed by atoms with Crippen LogP contribution in [0.15, 0.2) is 15.6 Å². The normalized spacial score (nSPS) is 18.4. The van der Waals surface area contributed by atoms with Crippen molar-refractivity contribution in [3.05, 3.63) is 17.5 Å². The predicted octanol–water partition coefficient (Wildman–Crippen LogP) is 0.827. The molecule has 146 valence electrons. The number of guanidine groups is 1. The van der Waals surface area contributed by atoms with Crippen LogP contribution in [0.25, 0.3) is 0 Å². The monoisotopic (exact) mass is 476 g/mol. The van der Waals surface area contributed by atoms with Crippen LogP contribution in [0.4, 0.5) is 0 Å². The Morgan fingerprint density at radius 3 is 2.65 bits per heavy atom. The molecule has 1 aliphatic carbocycles. The lowest BCUT2D eigenvalue weighted by Crippen LogP contribution is -2.54. The van der Waals surface area contributed by atoms with E-state index < -0.39 is 0 Å². The fourth-order valence-corrected chi connectivity index (χ4v) is 2.93. The summed E-state index contributed by atoms with van der Waals surface area (Å²) in [6, 6.07) is 2.40. The largest absolute Gasteiger partial charge is 0.359 e. The summed E-state index contributed by atoms with van der Waals surface area (Å²) in [5.74, 6) is 1.82. The first-order valence-corrected chi connectivity index (χ1v) is 9.09. The molecule has 0 radical (unpaired) electrons. The smallest absolute Gasteiger partial charge is 0.234 e. The van der Waals surface area contributed by atoms with Gasteiger partial charge >= 0.3 is 0 Å². The van der Waals surface area contributed by atoms with Gasteiger partial charge in [-0.2, -0.15) is 0 Å². The van der Waals surface area contributed by atoms with Gasteiger partial charge in [0, 0.05) is 45.3 Å². The molecule has 2 fully saturated rings. The summed E-state index contributed by atoms with van der Waals surface area (Å²) in [5, 5.41) is 10.4. The summed E-state index contributed by atoms with van der Waals surface area (Å²) in [4.78, 5) is 20.7. The summed E-state index contributed by atoms with van der Waals surface area (Å²) in [7, 11) is 1.79. The molecule has 1 saturated carbocycles. The summed E-state index contributed by atoms with van der Waals surface area (Å²) in [5.41, 5.74) is 0.963. The summed E-state index contributed by atoms with van der Waals surface area (Å²) < 4.78 is 5.30. The van der Waals surface area contributed by atoms with Crippen molar-refractivity contribution in [2.75, 3.05) is 39.8 Å². The van der Waals surface area contributed by atoms with E-state index in [0.717, 1.165) is 62.9 Å². The minimum atomic E-state index is 0. The third-order valence-corrected chi connectivity index (χ3v) is 4.58. The number of carbonyl (C=O) groups is 1. The van der Waals surface area contributed by atoms with Crippen molar-refractivity contribution in [3.63, 3.8) is 0 Å². The van der Waals surface area contributed by atoms with E-state index in [0.29, 0.717) is 19.1 Å². The van der Waals surface area contributed by atoms with Gasteiger partial charge in [-0.1, -0.05) is 12.1 Å². The van der Waals surface area contributed by atoms with E-state index in [1.54, 1.807) is 7.05 Å². The van der Waals surface area contributed by atoms with Gasteiger partial charge in [-0.3, -0.25) is 14.7 Å². The van der Waals surface area contributed by atoms with Crippen molar-refractivity contribution < 1.29 is 9.32 Å². The van der Waals surface area contributed by atoms with Crippen LogP contribution >= 0.6 is 24.0 Å². The topological polar surface area (TPSA) is 86.0 Å². The van der Waals surface area contributed by atoms with Crippen LogP contribution in [0, 0.1) is 0 Å². The highest BCUT2D eigenvalue weighted by atomic mass is 127. The van der Waals surface area contributed by atoms with Gasteiger partial charge in [-0.05, 0) is 19.3 Å². The minimum Gasteiger partial charge on any atom is -0.359 e. The van der Waals surface area contributed by atoms with E-state index in [2.05, 4.69) is 37.5 Å². The number of rotatable bonds is 6. The Bertz CT molecular complexity index is 608. The zero-order chi connectivity index (χ0) is 17.6. The number of piperazine rings is 1. The van der Waals surface area contributed by atoms with Crippen LogP contribution < -0.4 is 10.6 Å². The Labute approximate surface area is 171 Å². The molecule has 0 unspecified atom stereocenters. The highest BCUT2D eigenvalue weighted by molar-refractivity contribution is 14.0. The van der Waals surface area contributed by atoms with Crippen LogP contribution in [-0.2, 0) is 17.8 Å². The summed E-state index contributed by atoms with van der Waals surface area (Å²) in [6.45, 7) is 6.55. The van der Waals surface area contributed by atoms with Crippen LogP contribution in [0.2, 0.25) is 0 Å². The second-order valence-corrected chi connectivity index (χ2v) is 6.64. The van der Waals surface area contributed by atoms with Gasteiger partial charge in [0.05, 0.1) is 18.8 Å². The molecule has 2 N–H and O–H groups in total. The van der Waals surface area contributed by atoms with E-state index >= 15 is 0 Å². The molecular weight excluding hydrogens is 447 g/mol. The highest BCUT2D eigenvalue weighted by Gasteiger charge is 2.25. The lowest BCUT2D eigenvalue weighted by atomic mass is 10.3. The number of hydrogen-bond donors (Lipinski definition) is 2. The van der Waals surface area contributed by atoms with Crippen molar-refractivity contribution >= 4 is 35.8 Å². The van der Waals surface area contributed by atoms with Crippen molar-refractivity contribution in [1.82, 2.24) is 25.6 Å². The number of aliphatic imine (C=N–C) groups is 1. The third-order valence-electron chi connectivity index (χ3n) is 4.58. The predicted molar refractivity (Wildman–Crippen MR) is 111 cm³/mol. The number of aryl methyl sites for hydroxylation is 1. The molecular formula is C17H29IN6O2. The molecule has 3 rings (SSSR count). The molecule has 1 aromatic heterocycles. The van der Waals surface area contributed by atoms with Gasteiger partial charge in [0.15, 0.2) is 11.7 Å². The summed E-state index contributed by atoms with van der Waals surface area (Å²) in [6.07, 6.45) is 3.13. The van der Waals surface area contributed by atoms with E-state index in [1.807, 2.05) is 6.07 Å². The van der Waals surface area contributed by atoms with Gasteiger partial charge in [0.1, 0.15) is 0 Å². The van der Waals surface area contributed by atoms with E-state index in [4.69, 9.17) is 4.52 Å². The van der Waals surface area contributed by atoms with Gasteiger partial charge < -0.3 is 20.1 Å². The maximum absolute atomic E-state index is 11.9. The SMILES string of the molecule is CCc1cc(CNC(=NC)N2CCN(CC(=O)NC3CC3)CC2)on1.I. The highest BCUT2D eigenvalue weighted by Crippen LogP contribution is 2.18. The number of nitrogens with one attached hydrogen (secondary N) is 2. The van der Waals surface area contributed by atoms with Crippen molar-refractivity contribution in [2.45, 2.75) is 38.8 Å². The molecule has 1 amide bonds. The number of aromatic nitrogens is 1. The molecule has 2 aliphatic rings. The average molecular weight is 476 g/mol. The zero-order valence-electron chi connectivity index (χ0n) is 15.5. The Balaban J connectivity index is 0.00000243. The average Bonchev–Trinajstić information content (AvgIpc) is 3.31. The quantitative estimate of drug-likeness (QED) is 0.360. The van der Waals surface area contributed by atoms with Gasteiger partial charge in [-0.25, -0.2) is 0 Å². The molecule has 8 nitrogen and oxygen atoms in total. The van der Waals surface area contributed by atoms with Crippen molar-refractivity contribution in [1.29, 1.82) is 0 Å². The van der Waals surface area contributed by atoms with Crippen molar-refractivity contribution in [2.24, 2.45) is 4.99 Å². The number of nitrogens with zero attached hydrogens (tertiary/aromatic N) is 4. The molecule has 9 heteroatoms. The Morgan fingerprint density at radius 1 is 1.35 bits per heavy atom. The summed E-state index contributed by atoms with van der Waals surface area (Å²) >= 11 is 0. The van der Waals surface area contributed by atoms with E-state index in [-0.39, 0.29) is 29.9 Å². The second kappa shape index (κ2) is 10.1. The molecule has 0 aromatic carbocycles. The maximum Gasteiger partial charge on any atom is 0.234 e. The molecule has 0 bridgehead atoms. The van der Waals surface area contributed by atoms with Gasteiger partial charge in [0.25, 0.3) is 0 Å². The van der Waals surface area contributed by atoms with Crippen LogP contribution in [0.3, 0.4) is 0 Å². The maximum atomic E-state index is 11.9. The second-order valence-electron chi connectivity index (χ2n) is 6.64. The molecule has 1 aliphatic heterocycles. The Morgan fingerprint density at radius 2 is 2.08 bits per heavy atom. The van der Waals surface area contributed by atoms with E-state index in [9.17, 15) is 4.79 Å². The zero-order valence-corrected chi connectivity index (χ0v) is 17.9. The molecule has 2 heterocycles. The van der Waals surface area contributed by atoms with Gasteiger partial charge in [0.2, 0.25) is 5.91 Å². The van der Waals surface area contributed by atoms with Crippen molar-refractivity contribution in [3.8, 4) is 0 Å². The van der Waals surface area contributed by atoms with Crippen LogP contribution in [0.5, 0.6) is 0 Å². The van der Waals surface area contributed by atoms with Crippen LogP contribution in [-0.4, -0.2) is 72.6 Å². The molecule has 26 heavy (non-hydrogen) atoms. The molecule has 0 spiro atoms. The molecule has 1 aromatic rings. The Kier molecular flexibility index (Phi) is 8.14. The number of amides is 1. The standard InChI is InChI=1S/C17H28N6O2.HI/c1-3-13-10-15(25-21-13)11-19-17(18-2)23-8-6-22(7-9-23)12-16(24)20-14-4-5-14;/h10,14H,3-9,11-12H2,1-2H3,(H,18,19)(H,20,24);1H. The third kappa shape index (κ3) is 6.11. The fourth-order valence-electron chi connectivity index (χ4n) is 2.93. The number of carbonyl (C=O) groups excluding carboxylic acids is 1. The Hall–Kier alpha value is -1.36. The first kappa shape index (κ1) is 20.9. The minimum absolute atomic E-state index is 0. The van der Waals surface area contributed by atoms with E-state index in [1.165, 1.54) is 0 Å². The molecule has 0 atom stereocenters. The van der Waals surface area contributed by atoms with Gasteiger partial charge in [-0.15, -0.1) is 24.0 Å². The molecule has 1 saturated heterocycles. The fraction of sp³-hybridized carbons (Fsp3) is 0.706. The first-order chi connectivity index (χ1) is 12.2. The first-order valence-electron chi connectivity index (χ1n) is 9.09. The lowest BCUT2D eigenvalue weighted by molar-refractivity contribution is -0.122. The van der Waals surface area contributed by atoms with Crippen LogP contribution in [0.1, 0.15) is 31.2 Å².